The van der Waals surface area contributed by atoms with E-state index in [1.165, 1.54) is 0 Å². The lowest BCUT2D eigenvalue weighted by Crippen LogP contribution is -2.09. The number of fused-ring (bicyclic) bond motifs is 1. The summed E-state index contributed by atoms with van der Waals surface area (Å²) in [5.74, 6) is 2.17. The molecule has 0 fully saturated rings. The number of imidazole rings is 1. The van der Waals surface area contributed by atoms with Crippen molar-refractivity contribution in [2.24, 2.45) is 5.92 Å². The number of rotatable bonds is 4. The highest BCUT2D eigenvalue weighted by Crippen LogP contribution is 2.20. The van der Waals surface area contributed by atoms with Crippen molar-refractivity contribution in [2.45, 2.75) is 26.8 Å². The molecule has 0 unspecified atom stereocenters. The molecule has 0 saturated carbocycles. The van der Waals surface area contributed by atoms with Gasteiger partial charge in [0.15, 0.2) is 5.65 Å². The molecular weight excluding hydrogens is 302 g/mol. The normalized spacial score (nSPS) is 11.6. The lowest BCUT2D eigenvalue weighted by Gasteiger charge is -2.10. The zero-order chi connectivity index (χ0) is 12.4. The second-order valence-electron chi connectivity index (χ2n) is 4.47. The van der Waals surface area contributed by atoms with Gasteiger partial charge in [-0.3, -0.25) is 0 Å². The summed E-state index contributed by atoms with van der Waals surface area (Å²) >= 11 is 9.24. The van der Waals surface area contributed by atoms with Crippen LogP contribution in [-0.4, -0.2) is 20.4 Å². The van der Waals surface area contributed by atoms with Crippen molar-refractivity contribution < 1.29 is 0 Å². The van der Waals surface area contributed by atoms with Crippen molar-refractivity contribution in [3.05, 3.63) is 22.6 Å². The maximum Gasteiger partial charge on any atom is 0.160 e. The molecule has 0 aliphatic heterocycles. The van der Waals surface area contributed by atoms with Crippen molar-refractivity contribution in [1.29, 1.82) is 0 Å². The van der Waals surface area contributed by atoms with Crippen molar-refractivity contribution in [1.82, 2.24) is 14.5 Å². The number of halogens is 2. The van der Waals surface area contributed by atoms with Gasteiger partial charge < -0.3 is 4.57 Å². The standard InChI is InChI=1S/C12H15BrClN3/c1-8(2)7-17-11(3-4-14)16-10-5-9(13)6-15-12(10)17/h5-6,8H,3-4,7H2,1-2H3. The highest BCUT2D eigenvalue weighted by molar-refractivity contribution is 9.10. The molecule has 0 atom stereocenters. The first-order valence-corrected chi connectivity index (χ1v) is 7.01. The van der Waals surface area contributed by atoms with Crippen LogP contribution in [0.15, 0.2) is 16.7 Å². The summed E-state index contributed by atoms with van der Waals surface area (Å²) in [4.78, 5) is 9.05. The van der Waals surface area contributed by atoms with Gasteiger partial charge in [-0.05, 0) is 27.9 Å². The van der Waals surface area contributed by atoms with Crippen LogP contribution in [0.3, 0.4) is 0 Å². The van der Waals surface area contributed by atoms with Gasteiger partial charge in [0, 0.05) is 29.5 Å². The van der Waals surface area contributed by atoms with Gasteiger partial charge in [-0.25, -0.2) is 9.97 Å². The molecule has 0 saturated heterocycles. The van der Waals surface area contributed by atoms with Gasteiger partial charge >= 0.3 is 0 Å². The molecule has 2 heterocycles. The Morgan fingerprint density at radius 3 is 2.88 bits per heavy atom. The number of nitrogens with zero attached hydrogens (tertiary/aromatic N) is 3. The van der Waals surface area contributed by atoms with Crippen molar-refractivity contribution in [2.75, 3.05) is 5.88 Å². The van der Waals surface area contributed by atoms with E-state index in [4.69, 9.17) is 11.6 Å². The molecule has 0 aliphatic rings. The molecule has 2 aromatic rings. The highest BCUT2D eigenvalue weighted by atomic mass is 79.9. The Labute approximate surface area is 114 Å². The van der Waals surface area contributed by atoms with E-state index in [1.54, 1.807) is 0 Å². The van der Waals surface area contributed by atoms with Gasteiger partial charge in [-0.2, -0.15) is 0 Å². The average Bonchev–Trinajstić information content (AvgIpc) is 2.56. The van der Waals surface area contributed by atoms with Crippen LogP contribution in [-0.2, 0) is 13.0 Å². The highest BCUT2D eigenvalue weighted by Gasteiger charge is 2.12. The van der Waals surface area contributed by atoms with Crippen LogP contribution >= 0.6 is 27.5 Å². The Balaban J connectivity index is 2.54. The number of hydrogen-bond donors (Lipinski definition) is 0. The monoisotopic (exact) mass is 315 g/mol. The predicted octanol–water partition coefficient (Wildman–Crippen LogP) is 3.63. The quantitative estimate of drug-likeness (QED) is 0.806. The summed E-state index contributed by atoms with van der Waals surface area (Å²) in [5.41, 5.74) is 1.88. The molecule has 0 bridgehead atoms. The fourth-order valence-electron chi connectivity index (χ4n) is 1.87. The lowest BCUT2D eigenvalue weighted by molar-refractivity contribution is 0.516. The topological polar surface area (TPSA) is 30.7 Å². The zero-order valence-electron chi connectivity index (χ0n) is 9.95. The van der Waals surface area contributed by atoms with Crippen LogP contribution in [0.1, 0.15) is 19.7 Å². The van der Waals surface area contributed by atoms with Gasteiger partial charge in [0.05, 0.1) is 0 Å². The smallest absolute Gasteiger partial charge is 0.160 e. The van der Waals surface area contributed by atoms with Gasteiger partial charge in [0.1, 0.15) is 11.3 Å². The molecule has 17 heavy (non-hydrogen) atoms. The van der Waals surface area contributed by atoms with E-state index < -0.39 is 0 Å². The fraction of sp³-hybridized carbons (Fsp3) is 0.500. The molecular formula is C12H15BrClN3. The first-order chi connectivity index (χ1) is 8.11. The third kappa shape index (κ3) is 2.80. The predicted molar refractivity (Wildman–Crippen MR) is 74.5 cm³/mol. The lowest BCUT2D eigenvalue weighted by atomic mass is 10.2. The van der Waals surface area contributed by atoms with E-state index in [1.807, 2.05) is 12.3 Å². The average molecular weight is 317 g/mol. The minimum Gasteiger partial charge on any atom is -0.312 e. The summed E-state index contributed by atoms with van der Waals surface area (Å²) in [7, 11) is 0. The molecule has 2 rings (SSSR count). The summed E-state index contributed by atoms with van der Waals surface area (Å²) in [6.45, 7) is 5.31. The molecule has 0 N–H and O–H groups in total. The minimum atomic E-state index is 0.562. The molecule has 0 aliphatic carbocycles. The Bertz CT molecular complexity index is 522. The first kappa shape index (κ1) is 12.8. The Kier molecular flexibility index (Phi) is 4.05. The maximum atomic E-state index is 5.82. The Morgan fingerprint density at radius 1 is 1.47 bits per heavy atom. The van der Waals surface area contributed by atoms with E-state index >= 15 is 0 Å². The second kappa shape index (κ2) is 5.36. The van der Waals surface area contributed by atoms with E-state index in [0.29, 0.717) is 11.8 Å². The van der Waals surface area contributed by atoms with Gasteiger partial charge in [0.25, 0.3) is 0 Å². The van der Waals surface area contributed by atoms with E-state index in [2.05, 4.69) is 44.3 Å². The summed E-state index contributed by atoms with van der Waals surface area (Å²) in [6, 6.07) is 2.00. The minimum absolute atomic E-state index is 0.562. The summed E-state index contributed by atoms with van der Waals surface area (Å²) < 4.78 is 3.13. The maximum absolute atomic E-state index is 5.82. The van der Waals surface area contributed by atoms with E-state index in [-0.39, 0.29) is 0 Å². The number of aromatic nitrogens is 3. The zero-order valence-corrected chi connectivity index (χ0v) is 12.3. The van der Waals surface area contributed by atoms with Crippen molar-refractivity contribution in [3.63, 3.8) is 0 Å². The Morgan fingerprint density at radius 2 is 2.24 bits per heavy atom. The van der Waals surface area contributed by atoms with Crippen molar-refractivity contribution >= 4 is 38.7 Å². The van der Waals surface area contributed by atoms with Crippen LogP contribution in [0, 0.1) is 5.92 Å². The molecule has 5 heteroatoms. The molecule has 92 valence electrons. The van der Waals surface area contributed by atoms with Crippen LogP contribution in [0.5, 0.6) is 0 Å². The van der Waals surface area contributed by atoms with Gasteiger partial charge in [-0.15, -0.1) is 11.6 Å². The number of aryl methyl sites for hydroxylation is 1. The molecule has 0 spiro atoms. The second-order valence-corrected chi connectivity index (χ2v) is 5.76. The Hall–Kier alpha value is -0.610. The molecule has 0 radical (unpaired) electrons. The first-order valence-electron chi connectivity index (χ1n) is 5.68. The van der Waals surface area contributed by atoms with Crippen LogP contribution in [0.4, 0.5) is 0 Å². The van der Waals surface area contributed by atoms with Gasteiger partial charge in [-0.1, -0.05) is 13.8 Å². The van der Waals surface area contributed by atoms with Crippen LogP contribution in [0.25, 0.3) is 11.2 Å². The molecule has 0 amide bonds. The fourth-order valence-corrected chi connectivity index (χ4v) is 2.35. The summed E-state index contributed by atoms with van der Waals surface area (Å²) in [5, 5.41) is 0. The van der Waals surface area contributed by atoms with Gasteiger partial charge in [0.2, 0.25) is 0 Å². The third-order valence-electron chi connectivity index (χ3n) is 2.50. The van der Waals surface area contributed by atoms with Crippen molar-refractivity contribution in [3.8, 4) is 0 Å². The van der Waals surface area contributed by atoms with E-state index in [0.717, 1.165) is 34.4 Å². The largest absolute Gasteiger partial charge is 0.312 e. The number of alkyl halides is 1. The van der Waals surface area contributed by atoms with Crippen LogP contribution in [0.2, 0.25) is 0 Å². The molecule has 0 aromatic carbocycles. The van der Waals surface area contributed by atoms with E-state index in [9.17, 15) is 0 Å². The number of hydrogen-bond acceptors (Lipinski definition) is 2. The number of pyridine rings is 1. The molecule has 3 nitrogen and oxygen atoms in total. The third-order valence-corrected chi connectivity index (χ3v) is 3.12. The molecule has 2 aromatic heterocycles. The summed E-state index contributed by atoms with van der Waals surface area (Å²) in [6.07, 6.45) is 2.59. The SMILES string of the molecule is CC(C)Cn1c(CCCl)nc2cc(Br)cnc21. The van der Waals surface area contributed by atoms with Crippen LogP contribution < -0.4 is 0 Å².